The summed E-state index contributed by atoms with van der Waals surface area (Å²) < 4.78 is 31.0. The Hall–Kier alpha value is 0.360. The van der Waals surface area contributed by atoms with Crippen LogP contribution < -0.4 is 4.89 Å². The van der Waals surface area contributed by atoms with E-state index in [1.54, 1.807) is 0 Å². The van der Waals surface area contributed by atoms with E-state index in [1.165, 1.54) is 0 Å². The van der Waals surface area contributed by atoms with Crippen molar-refractivity contribution in [3.63, 3.8) is 0 Å². The lowest BCUT2D eigenvalue weighted by molar-refractivity contribution is -0.164. The molecule has 0 saturated heterocycles. The first kappa shape index (κ1) is 13.4. The summed E-state index contributed by atoms with van der Waals surface area (Å²) in [4.78, 5) is 43.7. The molecule has 0 radical (unpaired) electrons. The fourth-order valence-corrected chi connectivity index (χ4v) is 4.88. The van der Waals surface area contributed by atoms with Crippen molar-refractivity contribution in [2.45, 2.75) is 5.40 Å². The fourth-order valence-electron chi connectivity index (χ4n) is 0.542. The Kier molecular flexibility index (Phi) is 4.37. The second kappa shape index (κ2) is 4.26. The number of hydrogen-bond donors (Lipinski definition) is 4. The first-order valence-corrected chi connectivity index (χ1v) is 7.50. The Balaban J connectivity index is 4.90. The summed E-state index contributed by atoms with van der Waals surface area (Å²) in [6.45, 7) is 0. The smallest absolute Gasteiger partial charge is 0.345 e. The summed E-state index contributed by atoms with van der Waals surface area (Å²) in [7, 11) is -13.4. The van der Waals surface area contributed by atoms with Crippen molar-refractivity contribution in [3.8, 4) is 0 Å². The van der Waals surface area contributed by atoms with Gasteiger partial charge in [0.1, 0.15) is 0 Å². The van der Waals surface area contributed by atoms with Gasteiger partial charge in [-0.05, 0) is 0 Å². The molecular weight excluding hydrogens is 245 g/mol. The normalized spacial score (nSPS) is 14.8. The lowest BCUT2D eigenvalue weighted by Crippen LogP contribution is -2.14. The van der Waals surface area contributed by atoms with E-state index >= 15 is 0 Å². The highest BCUT2D eigenvalue weighted by Crippen LogP contribution is 2.61. The molecule has 11 heteroatoms. The standard InChI is InChI=1S/C2H7O8P3/c3-11(4)1-2(12(5,6)7)13(8,9)10/h2H,1H2,(H2,5,6,7)(H2,8,9,10). The van der Waals surface area contributed by atoms with Gasteiger partial charge in [-0.3, -0.25) is 9.13 Å². The Morgan fingerprint density at radius 3 is 1.54 bits per heavy atom. The molecule has 0 spiro atoms. The van der Waals surface area contributed by atoms with Crippen LogP contribution in [0.1, 0.15) is 0 Å². The molecule has 0 fully saturated rings. The van der Waals surface area contributed by atoms with Crippen LogP contribution in [0.15, 0.2) is 0 Å². The number of rotatable bonds is 4. The van der Waals surface area contributed by atoms with Crippen LogP contribution in [-0.2, 0) is 13.7 Å². The molecule has 8 nitrogen and oxygen atoms in total. The summed E-state index contributed by atoms with van der Waals surface area (Å²) in [5.74, 6) is 0. The van der Waals surface area contributed by atoms with Crippen molar-refractivity contribution in [3.05, 3.63) is 0 Å². The van der Waals surface area contributed by atoms with Crippen LogP contribution in [0.25, 0.3) is 0 Å². The first-order valence-electron chi connectivity index (χ1n) is 2.77. The van der Waals surface area contributed by atoms with E-state index in [-0.39, 0.29) is 0 Å². The number of hydrogen-bond acceptors (Lipinski definition) is 4. The summed E-state index contributed by atoms with van der Waals surface area (Å²) >= 11 is 0. The molecule has 0 heterocycles. The maximum Gasteiger partial charge on any atom is 0.345 e. The van der Waals surface area contributed by atoms with Crippen LogP contribution >= 0.6 is 23.2 Å². The van der Waals surface area contributed by atoms with Crippen molar-refractivity contribution in [2.75, 3.05) is 6.16 Å². The molecule has 0 aromatic carbocycles. The van der Waals surface area contributed by atoms with E-state index < -0.39 is 34.8 Å². The van der Waals surface area contributed by atoms with Gasteiger partial charge in [-0.15, -0.1) is 0 Å². The largest absolute Gasteiger partial charge is 0.596 e. The minimum absolute atomic E-state index is 1.23. The van der Waals surface area contributed by atoms with Crippen LogP contribution in [-0.4, -0.2) is 31.1 Å². The maximum atomic E-state index is 10.4. The quantitative estimate of drug-likeness (QED) is 0.453. The molecule has 0 aromatic heterocycles. The van der Waals surface area contributed by atoms with Gasteiger partial charge in [0.05, 0.1) is 0 Å². The molecule has 0 aliphatic rings. The third-order valence-electron chi connectivity index (χ3n) is 1.09. The molecule has 4 N–H and O–H groups in total. The van der Waals surface area contributed by atoms with Crippen LogP contribution in [0.3, 0.4) is 0 Å². The predicted octanol–water partition coefficient (Wildman–Crippen LogP) is -1.23. The highest BCUT2D eigenvalue weighted by Gasteiger charge is 2.46. The fraction of sp³-hybridized carbons (Fsp3) is 1.00. The van der Waals surface area contributed by atoms with Gasteiger partial charge in [-0.2, -0.15) is 0 Å². The van der Waals surface area contributed by atoms with E-state index in [9.17, 15) is 18.6 Å². The zero-order chi connectivity index (χ0) is 10.9. The average Bonchev–Trinajstić information content (AvgIpc) is 1.77. The molecule has 1 atom stereocenters. The lowest BCUT2D eigenvalue weighted by atomic mass is 10.9. The molecule has 0 rings (SSSR count). The molecule has 13 heavy (non-hydrogen) atoms. The monoisotopic (exact) mass is 252 g/mol. The minimum Gasteiger partial charge on any atom is -0.596 e. The van der Waals surface area contributed by atoms with E-state index in [0.717, 1.165) is 0 Å². The lowest BCUT2D eigenvalue weighted by Gasteiger charge is -2.15. The molecule has 78 valence electrons. The molecule has 0 aliphatic heterocycles. The Labute approximate surface area is 73.8 Å². The second-order valence-corrected chi connectivity index (χ2v) is 7.22. The van der Waals surface area contributed by atoms with Crippen molar-refractivity contribution in [1.82, 2.24) is 0 Å². The molecule has 0 saturated carbocycles. The third-order valence-corrected chi connectivity index (χ3v) is 6.05. The highest BCUT2D eigenvalue weighted by atomic mass is 31.2. The topological polar surface area (TPSA) is 155 Å². The van der Waals surface area contributed by atoms with Crippen LogP contribution in [0.4, 0.5) is 0 Å². The predicted molar refractivity (Wildman–Crippen MR) is 40.3 cm³/mol. The summed E-state index contributed by atoms with van der Waals surface area (Å²) in [6.07, 6.45) is -1.23. The van der Waals surface area contributed by atoms with Crippen molar-refractivity contribution in [1.29, 1.82) is 0 Å². The van der Waals surface area contributed by atoms with Crippen molar-refractivity contribution >= 4 is 23.2 Å². The summed E-state index contributed by atoms with van der Waals surface area (Å²) in [5, 5.41) is -2.46. The summed E-state index contributed by atoms with van der Waals surface area (Å²) in [5.41, 5.74) is 0. The Morgan fingerprint density at radius 1 is 1.15 bits per heavy atom. The molecule has 0 bridgehead atoms. The van der Waals surface area contributed by atoms with Crippen LogP contribution in [0, 0.1) is 0 Å². The van der Waals surface area contributed by atoms with Crippen molar-refractivity contribution < 1.29 is 38.2 Å². The molecule has 0 aliphatic carbocycles. The van der Waals surface area contributed by atoms with E-state index in [0.29, 0.717) is 0 Å². The van der Waals surface area contributed by atoms with Gasteiger partial charge in [-0.25, -0.2) is 0 Å². The first-order chi connectivity index (χ1) is 5.55. The third kappa shape index (κ3) is 4.96. The van der Waals surface area contributed by atoms with E-state index in [2.05, 4.69) is 0 Å². The van der Waals surface area contributed by atoms with Gasteiger partial charge in [0.15, 0.2) is 6.16 Å². The molecule has 0 amide bonds. The SMILES string of the molecule is O=[P+]([O-])CC(P(=O)(O)O)P(=O)(O)O. The van der Waals surface area contributed by atoms with Crippen LogP contribution in [0.5, 0.6) is 0 Å². The second-order valence-electron chi connectivity index (χ2n) is 2.17. The van der Waals surface area contributed by atoms with Crippen LogP contribution in [0.2, 0.25) is 0 Å². The van der Waals surface area contributed by atoms with E-state index in [4.69, 9.17) is 19.6 Å². The zero-order valence-corrected chi connectivity index (χ0v) is 8.73. The Morgan fingerprint density at radius 2 is 1.46 bits per heavy atom. The Bertz CT molecular complexity index is 262. The molecule has 1 unspecified atom stereocenters. The van der Waals surface area contributed by atoms with Gasteiger partial charge >= 0.3 is 23.2 Å². The molecule has 0 aromatic rings. The van der Waals surface area contributed by atoms with Gasteiger partial charge in [0.2, 0.25) is 5.40 Å². The van der Waals surface area contributed by atoms with Crippen molar-refractivity contribution in [2.24, 2.45) is 0 Å². The van der Waals surface area contributed by atoms with E-state index in [1.807, 2.05) is 0 Å². The van der Waals surface area contributed by atoms with Gasteiger partial charge < -0.3 is 24.5 Å². The summed E-state index contributed by atoms with van der Waals surface area (Å²) in [6, 6.07) is 0. The maximum absolute atomic E-state index is 10.4. The molecular formula is C2H7O8P3. The van der Waals surface area contributed by atoms with Gasteiger partial charge in [-0.1, -0.05) is 4.57 Å². The minimum atomic E-state index is -5.10. The zero-order valence-electron chi connectivity index (χ0n) is 6.05. The van der Waals surface area contributed by atoms with Gasteiger partial charge in [0.25, 0.3) is 0 Å². The average molecular weight is 252 g/mol. The van der Waals surface area contributed by atoms with Gasteiger partial charge in [0, 0.05) is 0 Å². The highest BCUT2D eigenvalue weighted by molar-refractivity contribution is 7.71.